The van der Waals surface area contributed by atoms with Crippen molar-refractivity contribution in [2.75, 3.05) is 20.1 Å². The fraction of sp³-hybridized carbons (Fsp3) is 0.375. The molecule has 1 aromatic carbocycles. The van der Waals surface area contributed by atoms with Crippen LogP contribution < -0.4 is 5.32 Å². The monoisotopic (exact) mass is 363 g/mol. The van der Waals surface area contributed by atoms with Gasteiger partial charge < -0.3 is 10.2 Å². The quantitative estimate of drug-likeness (QED) is 0.633. The SMILES string of the molecule is CCNC(=NCCn1cccn1)N(C)Cc1ccc(Br)cc1. The second-order valence-electron chi connectivity index (χ2n) is 4.99. The number of halogens is 1. The molecule has 0 unspecified atom stereocenters. The molecule has 0 fully saturated rings. The van der Waals surface area contributed by atoms with E-state index in [1.54, 1.807) is 6.20 Å². The Morgan fingerprint density at radius 1 is 1.36 bits per heavy atom. The number of hydrogen-bond acceptors (Lipinski definition) is 2. The van der Waals surface area contributed by atoms with E-state index in [0.717, 1.165) is 30.1 Å². The summed E-state index contributed by atoms with van der Waals surface area (Å²) in [6.45, 7) is 5.24. The molecule has 1 N–H and O–H groups in total. The highest BCUT2D eigenvalue weighted by molar-refractivity contribution is 9.10. The number of aliphatic imine (C=N–C) groups is 1. The van der Waals surface area contributed by atoms with Crippen LogP contribution in [-0.2, 0) is 13.1 Å². The maximum Gasteiger partial charge on any atom is 0.194 e. The van der Waals surface area contributed by atoms with E-state index in [4.69, 9.17) is 0 Å². The van der Waals surface area contributed by atoms with Gasteiger partial charge in [0.2, 0.25) is 0 Å². The average molecular weight is 364 g/mol. The van der Waals surface area contributed by atoms with Crippen molar-refractivity contribution in [3.63, 3.8) is 0 Å². The maximum atomic E-state index is 4.66. The Hall–Kier alpha value is -1.82. The standard InChI is InChI=1S/C16H22BrN5/c1-3-18-16(19-10-12-22-11-4-9-20-22)21(2)13-14-5-7-15(17)8-6-14/h4-9,11H,3,10,12-13H2,1-2H3,(H,18,19). The Balaban J connectivity index is 1.94. The lowest BCUT2D eigenvalue weighted by Gasteiger charge is -2.22. The third-order valence-corrected chi connectivity index (χ3v) is 3.71. The van der Waals surface area contributed by atoms with Crippen LogP contribution in [0.25, 0.3) is 0 Å². The van der Waals surface area contributed by atoms with Crippen molar-refractivity contribution < 1.29 is 0 Å². The van der Waals surface area contributed by atoms with Crippen LogP contribution in [0.1, 0.15) is 12.5 Å². The molecular formula is C16H22BrN5. The largest absolute Gasteiger partial charge is 0.357 e. The first-order valence-corrected chi connectivity index (χ1v) is 8.19. The van der Waals surface area contributed by atoms with Crippen LogP contribution in [0.4, 0.5) is 0 Å². The highest BCUT2D eigenvalue weighted by atomic mass is 79.9. The Kier molecular flexibility index (Phi) is 6.45. The van der Waals surface area contributed by atoms with Gasteiger partial charge in [-0.25, -0.2) is 0 Å². The van der Waals surface area contributed by atoms with Gasteiger partial charge in [0.15, 0.2) is 5.96 Å². The van der Waals surface area contributed by atoms with Gasteiger partial charge in [-0.05, 0) is 30.7 Å². The van der Waals surface area contributed by atoms with Gasteiger partial charge in [-0.1, -0.05) is 28.1 Å². The summed E-state index contributed by atoms with van der Waals surface area (Å²) in [4.78, 5) is 6.80. The van der Waals surface area contributed by atoms with Crippen LogP contribution in [0, 0.1) is 0 Å². The number of benzene rings is 1. The molecule has 0 radical (unpaired) electrons. The van der Waals surface area contributed by atoms with Gasteiger partial charge in [0.1, 0.15) is 0 Å². The fourth-order valence-electron chi connectivity index (χ4n) is 2.10. The molecule has 0 aliphatic rings. The van der Waals surface area contributed by atoms with Gasteiger partial charge in [0.25, 0.3) is 0 Å². The number of hydrogen-bond donors (Lipinski definition) is 1. The molecule has 118 valence electrons. The van der Waals surface area contributed by atoms with Crippen LogP contribution in [0.15, 0.2) is 52.2 Å². The predicted molar refractivity (Wildman–Crippen MR) is 93.8 cm³/mol. The second kappa shape index (κ2) is 8.58. The van der Waals surface area contributed by atoms with Crippen molar-refractivity contribution in [1.82, 2.24) is 20.0 Å². The van der Waals surface area contributed by atoms with Gasteiger partial charge in [-0.2, -0.15) is 5.10 Å². The lowest BCUT2D eigenvalue weighted by Crippen LogP contribution is -2.38. The second-order valence-corrected chi connectivity index (χ2v) is 5.90. The van der Waals surface area contributed by atoms with Crippen molar-refractivity contribution >= 4 is 21.9 Å². The van der Waals surface area contributed by atoms with E-state index >= 15 is 0 Å². The molecule has 0 atom stereocenters. The summed E-state index contributed by atoms with van der Waals surface area (Å²) in [6.07, 6.45) is 3.74. The Bertz CT molecular complexity index is 577. The summed E-state index contributed by atoms with van der Waals surface area (Å²) >= 11 is 3.46. The lowest BCUT2D eigenvalue weighted by atomic mass is 10.2. The third kappa shape index (κ3) is 5.18. The highest BCUT2D eigenvalue weighted by Crippen LogP contribution is 2.11. The normalized spacial score (nSPS) is 11.5. The molecule has 0 saturated carbocycles. The zero-order valence-corrected chi connectivity index (χ0v) is 14.6. The zero-order valence-electron chi connectivity index (χ0n) is 13.0. The first-order valence-electron chi connectivity index (χ1n) is 7.40. The van der Waals surface area contributed by atoms with Gasteiger partial charge in [-0.15, -0.1) is 0 Å². The van der Waals surface area contributed by atoms with Gasteiger partial charge in [0, 0.05) is 37.0 Å². The van der Waals surface area contributed by atoms with E-state index in [-0.39, 0.29) is 0 Å². The van der Waals surface area contributed by atoms with Crippen LogP contribution in [0.2, 0.25) is 0 Å². The first-order chi connectivity index (χ1) is 10.7. The van der Waals surface area contributed by atoms with E-state index in [0.29, 0.717) is 6.54 Å². The minimum absolute atomic E-state index is 0.703. The topological polar surface area (TPSA) is 45.5 Å². The molecule has 0 amide bonds. The van der Waals surface area contributed by atoms with Crippen LogP contribution >= 0.6 is 15.9 Å². The zero-order chi connectivity index (χ0) is 15.8. The van der Waals surface area contributed by atoms with Crippen molar-refractivity contribution in [2.24, 2.45) is 4.99 Å². The minimum atomic E-state index is 0.703. The number of aromatic nitrogens is 2. The molecule has 22 heavy (non-hydrogen) atoms. The molecule has 5 nitrogen and oxygen atoms in total. The number of guanidine groups is 1. The Morgan fingerprint density at radius 3 is 2.77 bits per heavy atom. The maximum absolute atomic E-state index is 4.66. The van der Waals surface area contributed by atoms with Gasteiger partial charge in [-0.3, -0.25) is 9.67 Å². The fourth-order valence-corrected chi connectivity index (χ4v) is 2.36. The van der Waals surface area contributed by atoms with E-state index in [9.17, 15) is 0 Å². The molecule has 2 aromatic rings. The van der Waals surface area contributed by atoms with Crippen LogP contribution in [-0.4, -0.2) is 40.8 Å². The summed E-state index contributed by atoms with van der Waals surface area (Å²) in [5.74, 6) is 0.914. The summed E-state index contributed by atoms with van der Waals surface area (Å²) in [5, 5.41) is 7.52. The predicted octanol–water partition coefficient (Wildman–Crippen LogP) is 2.74. The van der Waals surface area contributed by atoms with Gasteiger partial charge in [0.05, 0.1) is 13.1 Å². The molecule has 0 spiro atoms. The third-order valence-electron chi connectivity index (χ3n) is 3.18. The smallest absolute Gasteiger partial charge is 0.194 e. The summed E-state index contributed by atoms with van der Waals surface area (Å²) in [7, 11) is 2.05. The van der Waals surface area contributed by atoms with Crippen molar-refractivity contribution in [3.8, 4) is 0 Å². The molecule has 1 heterocycles. The number of nitrogens with zero attached hydrogens (tertiary/aromatic N) is 4. The Labute approximate surface area is 140 Å². The summed E-state index contributed by atoms with van der Waals surface area (Å²) in [6, 6.07) is 10.3. The molecule has 0 aliphatic carbocycles. The minimum Gasteiger partial charge on any atom is -0.357 e. The average Bonchev–Trinajstić information content (AvgIpc) is 3.02. The number of rotatable bonds is 6. The molecule has 0 saturated heterocycles. The van der Waals surface area contributed by atoms with E-state index in [1.807, 2.05) is 16.9 Å². The molecule has 0 bridgehead atoms. The molecule has 1 aromatic heterocycles. The van der Waals surface area contributed by atoms with Gasteiger partial charge >= 0.3 is 0 Å². The summed E-state index contributed by atoms with van der Waals surface area (Å²) in [5.41, 5.74) is 1.25. The van der Waals surface area contributed by atoms with Crippen molar-refractivity contribution in [1.29, 1.82) is 0 Å². The van der Waals surface area contributed by atoms with E-state index in [2.05, 4.69) is 74.5 Å². The van der Waals surface area contributed by atoms with Crippen molar-refractivity contribution in [3.05, 3.63) is 52.8 Å². The number of nitrogens with one attached hydrogen (secondary N) is 1. The Morgan fingerprint density at radius 2 is 2.14 bits per heavy atom. The lowest BCUT2D eigenvalue weighted by molar-refractivity contribution is 0.475. The van der Waals surface area contributed by atoms with E-state index < -0.39 is 0 Å². The molecule has 6 heteroatoms. The summed E-state index contributed by atoms with van der Waals surface area (Å²) < 4.78 is 2.99. The van der Waals surface area contributed by atoms with Crippen LogP contribution in [0.5, 0.6) is 0 Å². The molecule has 2 rings (SSSR count). The van der Waals surface area contributed by atoms with E-state index in [1.165, 1.54) is 5.56 Å². The van der Waals surface area contributed by atoms with Crippen molar-refractivity contribution in [2.45, 2.75) is 20.0 Å². The molecule has 0 aliphatic heterocycles. The first kappa shape index (κ1) is 16.5. The van der Waals surface area contributed by atoms with Crippen LogP contribution in [0.3, 0.4) is 0 Å². The highest BCUT2D eigenvalue weighted by Gasteiger charge is 2.06. The molecular weight excluding hydrogens is 342 g/mol.